The Balaban J connectivity index is 2.06. The van der Waals surface area contributed by atoms with Gasteiger partial charge in [0.25, 0.3) is 0 Å². The highest BCUT2D eigenvalue weighted by atomic mass is 32.1. The third-order valence-corrected chi connectivity index (χ3v) is 3.23. The highest BCUT2D eigenvalue weighted by Crippen LogP contribution is 2.21. The van der Waals surface area contributed by atoms with Crippen molar-refractivity contribution in [1.29, 1.82) is 5.26 Å². The summed E-state index contributed by atoms with van der Waals surface area (Å²) in [5, 5.41) is 21.9. The molecule has 0 fully saturated rings. The molecule has 1 N–H and O–H groups in total. The number of hydrogen-bond donors (Lipinski definition) is 1. The van der Waals surface area contributed by atoms with E-state index in [1.54, 1.807) is 18.3 Å². The predicted molar refractivity (Wildman–Crippen MR) is 69.9 cm³/mol. The summed E-state index contributed by atoms with van der Waals surface area (Å²) >= 11 is 1.52. The van der Waals surface area contributed by atoms with E-state index in [1.165, 1.54) is 11.3 Å². The Morgan fingerprint density at radius 1 is 1.39 bits per heavy atom. The molecule has 0 aliphatic rings. The van der Waals surface area contributed by atoms with Gasteiger partial charge in [-0.3, -0.25) is 4.98 Å². The number of nitriles is 1. The van der Waals surface area contributed by atoms with Crippen molar-refractivity contribution in [1.82, 2.24) is 20.5 Å². The minimum atomic E-state index is 0.549. The molecule has 92 valence electrons. The Morgan fingerprint density at radius 3 is 2.94 bits per heavy atom. The van der Waals surface area contributed by atoms with Crippen LogP contribution in [0.2, 0.25) is 0 Å². The predicted octanol–water partition coefficient (Wildman–Crippen LogP) is 1.97. The maximum Gasteiger partial charge on any atom is 0.166 e. The fourth-order valence-electron chi connectivity index (χ4n) is 1.39. The van der Waals surface area contributed by atoms with E-state index in [1.807, 2.05) is 6.07 Å². The number of rotatable bonds is 5. The van der Waals surface area contributed by atoms with Crippen LogP contribution in [0, 0.1) is 11.3 Å². The lowest BCUT2D eigenvalue weighted by Crippen LogP contribution is -2.13. The van der Waals surface area contributed by atoms with Crippen molar-refractivity contribution < 1.29 is 0 Å². The first-order valence-electron chi connectivity index (χ1n) is 5.73. The van der Waals surface area contributed by atoms with Crippen LogP contribution in [0.5, 0.6) is 0 Å². The lowest BCUT2D eigenvalue weighted by Gasteiger charge is -1.96. The Morgan fingerprint density at radius 2 is 2.28 bits per heavy atom. The van der Waals surface area contributed by atoms with Gasteiger partial charge >= 0.3 is 0 Å². The van der Waals surface area contributed by atoms with Gasteiger partial charge in [0.15, 0.2) is 5.01 Å². The fraction of sp³-hybridized carbons (Fsp3) is 0.333. The average molecular weight is 259 g/mol. The minimum absolute atomic E-state index is 0.549. The summed E-state index contributed by atoms with van der Waals surface area (Å²) < 4.78 is 0. The molecule has 0 spiro atoms. The molecule has 6 heteroatoms. The van der Waals surface area contributed by atoms with E-state index in [0.717, 1.165) is 35.2 Å². The molecule has 2 aromatic heterocycles. The van der Waals surface area contributed by atoms with Crippen molar-refractivity contribution in [2.24, 2.45) is 0 Å². The van der Waals surface area contributed by atoms with Crippen LogP contribution in [-0.2, 0) is 6.54 Å². The first-order valence-corrected chi connectivity index (χ1v) is 6.54. The first-order chi connectivity index (χ1) is 8.83. The van der Waals surface area contributed by atoms with E-state index in [4.69, 9.17) is 5.26 Å². The lowest BCUT2D eigenvalue weighted by molar-refractivity contribution is 0.668. The van der Waals surface area contributed by atoms with Gasteiger partial charge in [0.05, 0.1) is 5.56 Å². The van der Waals surface area contributed by atoms with Gasteiger partial charge in [0.2, 0.25) is 0 Å². The summed E-state index contributed by atoms with van der Waals surface area (Å²) in [6, 6.07) is 5.57. The Kier molecular flexibility index (Phi) is 4.34. The largest absolute Gasteiger partial charge is 0.310 e. The zero-order valence-corrected chi connectivity index (χ0v) is 10.9. The van der Waals surface area contributed by atoms with Crippen LogP contribution in [-0.4, -0.2) is 21.7 Å². The van der Waals surface area contributed by atoms with Crippen molar-refractivity contribution in [2.45, 2.75) is 19.9 Å². The molecule has 0 aromatic carbocycles. The van der Waals surface area contributed by atoms with Crippen LogP contribution >= 0.6 is 11.3 Å². The molecule has 2 rings (SSSR count). The third kappa shape index (κ3) is 3.09. The Hall–Kier alpha value is -1.84. The summed E-state index contributed by atoms with van der Waals surface area (Å²) in [5.74, 6) is 0. The number of nitrogens with one attached hydrogen (secondary N) is 1. The molecule has 2 heterocycles. The Labute approximate surface area is 110 Å². The van der Waals surface area contributed by atoms with E-state index in [9.17, 15) is 0 Å². The summed E-state index contributed by atoms with van der Waals surface area (Å²) in [5.41, 5.74) is 1.31. The molecule has 0 saturated heterocycles. The lowest BCUT2D eigenvalue weighted by atomic mass is 10.3. The second-order valence-electron chi connectivity index (χ2n) is 3.72. The van der Waals surface area contributed by atoms with E-state index in [2.05, 4.69) is 27.4 Å². The van der Waals surface area contributed by atoms with Crippen molar-refractivity contribution in [3.8, 4) is 16.8 Å². The van der Waals surface area contributed by atoms with Gasteiger partial charge in [-0.15, -0.1) is 10.2 Å². The van der Waals surface area contributed by atoms with Crippen molar-refractivity contribution >= 4 is 11.3 Å². The van der Waals surface area contributed by atoms with Gasteiger partial charge in [-0.2, -0.15) is 5.26 Å². The average Bonchev–Trinajstić information content (AvgIpc) is 2.88. The third-order valence-electron chi connectivity index (χ3n) is 2.28. The van der Waals surface area contributed by atoms with Gasteiger partial charge in [-0.1, -0.05) is 18.3 Å². The number of pyridine rings is 1. The van der Waals surface area contributed by atoms with Crippen molar-refractivity contribution in [3.05, 3.63) is 28.9 Å². The number of hydrogen-bond acceptors (Lipinski definition) is 6. The molecular formula is C12H13N5S. The van der Waals surface area contributed by atoms with E-state index in [-0.39, 0.29) is 0 Å². The van der Waals surface area contributed by atoms with Crippen LogP contribution in [0.1, 0.15) is 23.9 Å². The molecule has 0 radical (unpaired) electrons. The van der Waals surface area contributed by atoms with E-state index < -0.39 is 0 Å². The molecular weight excluding hydrogens is 246 g/mol. The first kappa shape index (κ1) is 12.6. The standard InChI is InChI=1S/C12H13N5S/c1-2-5-14-8-11-16-17-12(18-11)10-4-3-9(6-13)7-15-10/h3-4,7,14H,2,5,8H2,1H3. The monoisotopic (exact) mass is 259 g/mol. The number of nitrogens with zero attached hydrogens (tertiary/aromatic N) is 4. The molecule has 0 atom stereocenters. The second kappa shape index (κ2) is 6.19. The van der Waals surface area contributed by atoms with Gasteiger partial charge in [0.1, 0.15) is 16.8 Å². The van der Waals surface area contributed by atoms with Crippen LogP contribution in [0.3, 0.4) is 0 Å². The van der Waals surface area contributed by atoms with Crippen LogP contribution < -0.4 is 5.32 Å². The Bertz CT molecular complexity index is 540. The van der Waals surface area contributed by atoms with Crippen LogP contribution in [0.25, 0.3) is 10.7 Å². The molecule has 18 heavy (non-hydrogen) atoms. The molecule has 0 aliphatic carbocycles. The molecule has 0 bridgehead atoms. The molecule has 2 aromatic rings. The van der Waals surface area contributed by atoms with Gasteiger partial charge < -0.3 is 5.32 Å². The SMILES string of the molecule is CCCNCc1nnc(-c2ccc(C#N)cn2)s1. The summed E-state index contributed by atoms with van der Waals surface area (Å²) in [7, 11) is 0. The van der Waals surface area contributed by atoms with Gasteiger partial charge in [-0.05, 0) is 25.1 Å². The topological polar surface area (TPSA) is 74.5 Å². The minimum Gasteiger partial charge on any atom is -0.310 e. The zero-order chi connectivity index (χ0) is 12.8. The molecule has 0 amide bonds. The highest BCUT2D eigenvalue weighted by molar-refractivity contribution is 7.14. The van der Waals surface area contributed by atoms with Crippen LogP contribution in [0.15, 0.2) is 18.3 Å². The molecule has 0 saturated carbocycles. The number of aromatic nitrogens is 3. The summed E-state index contributed by atoms with van der Waals surface area (Å²) in [6.45, 7) is 3.84. The van der Waals surface area contributed by atoms with Crippen molar-refractivity contribution in [2.75, 3.05) is 6.54 Å². The van der Waals surface area contributed by atoms with E-state index >= 15 is 0 Å². The molecule has 5 nitrogen and oxygen atoms in total. The molecule has 0 aliphatic heterocycles. The van der Waals surface area contributed by atoms with E-state index in [0.29, 0.717) is 5.56 Å². The maximum atomic E-state index is 8.70. The van der Waals surface area contributed by atoms with Crippen LogP contribution in [0.4, 0.5) is 0 Å². The fourth-order valence-corrected chi connectivity index (χ4v) is 2.17. The normalized spacial score (nSPS) is 10.2. The zero-order valence-electron chi connectivity index (χ0n) is 10.1. The van der Waals surface area contributed by atoms with Gasteiger partial charge in [-0.25, -0.2) is 0 Å². The quantitative estimate of drug-likeness (QED) is 0.831. The van der Waals surface area contributed by atoms with Crippen molar-refractivity contribution in [3.63, 3.8) is 0 Å². The molecule has 0 unspecified atom stereocenters. The smallest absolute Gasteiger partial charge is 0.166 e. The summed E-state index contributed by atoms with van der Waals surface area (Å²) in [4.78, 5) is 4.19. The summed E-state index contributed by atoms with van der Waals surface area (Å²) in [6.07, 6.45) is 2.65. The van der Waals surface area contributed by atoms with Gasteiger partial charge in [0, 0.05) is 12.7 Å². The maximum absolute atomic E-state index is 8.70. The highest BCUT2D eigenvalue weighted by Gasteiger charge is 2.07. The second-order valence-corrected chi connectivity index (χ2v) is 4.78.